The van der Waals surface area contributed by atoms with Crippen LogP contribution < -0.4 is 15.2 Å². The molecule has 0 aliphatic heterocycles. The van der Waals surface area contributed by atoms with E-state index in [9.17, 15) is 0 Å². The summed E-state index contributed by atoms with van der Waals surface area (Å²) in [6.45, 7) is 0.933. The van der Waals surface area contributed by atoms with Crippen LogP contribution in [0.25, 0.3) is 0 Å². The first kappa shape index (κ1) is 12.6. The van der Waals surface area contributed by atoms with Gasteiger partial charge in [-0.15, -0.1) is 0 Å². The van der Waals surface area contributed by atoms with Crippen molar-refractivity contribution in [1.82, 2.24) is 0 Å². The van der Waals surface area contributed by atoms with E-state index in [4.69, 9.17) is 26.8 Å². The minimum absolute atomic E-state index is 0.464. The van der Waals surface area contributed by atoms with Gasteiger partial charge in [0.05, 0.1) is 0 Å². The molecule has 0 aliphatic carbocycles. The Morgan fingerprint density at radius 1 is 0.889 bits per heavy atom. The molecule has 2 aromatic carbocycles. The van der Waals surface area contributed by atoms with E-state index in [1.165, 1.54) is 0 Å². The van der Waals surface area contributed by atoms with Crippen molar-refractivity contribution >= 4 is 17.3 Å². The highest BCUT2D eigenvalue weighted by atomic mass is 35.5. The molecule has 0 radical (unpaired) electrons. The van der Waals surface area contributed by atoms with Crippen molar-refractivity contribution in [3.05, 3.63) is 53.6 Å². The second-order valence-electron chi connectivity index (χ2n) is 3.72. The summed E-state index contributed by atoms with van der Waals surface area (Å²) in [4.78, 5) is 0. The minimum Gasteiger partial charge on any atom is -0.490 e. The third-order valence-corrected chi connectivity index (χ3v) is 2.54. The number of anilines is 1. The average Bonchev–Trinajstić information content (AvgIpc) is 2.37. The van der Waals surface area contributed by atoms with E-state index in [0.717, 1.165) is 11.5 Å². The molecule has 2 N–H and O–H groups in total. The molecule has 0 atom stereocenters. The van der Waals surface area contributed by atoms with Crippen LogP contribution in [0.5, 0.6) is 11.5 Å². The van der Waals surface area contributed by atoms with Gasteiger partial charge in [0.1, 0.15) is 24.7 Å². The second kappa shape index (κ2) is 6.17. The molecular formula is C14H14ClNO2. The van der Waals surface area contributed by atoms with Crippen molar-refractivity contribution in [3.63, 3.8) is 0 Å². The third kappa shape index (κ3) is 3.86. The van der Waals surface area contributed by atoms with Crippen LogP contribution in [0.2, 0.25) is 5.02 Å². The molecular weight excluding hydrogens is 250 g/mol. The van der Waals surface area contributed by atoms with Crippen LogP contribution in [0, 0.1) is 0 Å². The molecule has 4 heteroatoms. The molecule has 0 amide bonds. The maximum Gasteiger partial charge on any atom is 0.122 e. The number of halogens is 1. The van der Waals surface area contributed by atoms with Crippen LogP contribution in [-0.4, -0.2) is 13.2 Å². The number of hydrogen-bond donors (Lipinski definition) is 1. The topological polar surface area (TPSA) is 44.5 Å². The summed E-state index contributed by atoms with van der Waals surface area (Å²) in [5.74, 6) is 1.52. The van der Waals surface area contributed by atoms with Crippen molar-refractivity contribution in [2.75, 3.05) is 18.9 Å². The Kier molecular flexibility index (Phi) is 4.31. The van der Waals surface area contributed by atoms with Gasteiger partial charge in [0.15, 0.2) is 0 Å². The van der Waals surface area contributed by atoms with E-state index >= 15 is 0 Å². The molecule has 0 saturated carbocycles. The van der Waals surface area contributed by atoms with E-state index < -0.39 is 0 Å². The molecule has 18 heavy (non-hydrogen) atoms. The lowest BCUT2D eigenvalue weighted by Gasteiger charge is -2.08. The van der Waals surface area contributed by atoms with Crippen molar-refractivity contribution in [2.45, 2.75) is 0 Å². The summed E-state index contributed by atoms with van der Waals surface area (Å²) >= 11 is 5.78. The maximum absolute atomic E-state index is 5.78. The third-order valence-electron chi connectivity index (χ3n) is 2.29. The van der Waals surface area contributed by atoms with E-state index in [2.05, 4.69) is 0 Å². The standard InChI is InChI=1S/C14H14ClNO2/c15-11-4-6-13(7-5-11)17-8-9-18-14-3-1-2-12(16)10-14/h1-7,10H,8-9,16H2. The molecule has 94 valence electrons. The molecule has 0 aliphatic rings. The lowest BCUT2D eigenvalue weighted by Crippen LogP contribution is -2.09. The van der Waals surface area contributed by atoms with Crippen molar-refractivity contribution in [3.8, 4) is 11.5 Å². The largest absolute Gasteiger partial charge is 0.490 e. The zero-order valence-electron chi connectivity index (χ0n) is 9.80. The molecule has 0 spiro atoms. The Morgan fingerprint density at radius 2 is 1.56 bits per heavy atom. The molecule has 0 aromatic heterocycles. The van der Waals surface area contributed by atoms with Gasteiger partial charge in [-0.05, 0) is 36.4 Å². The quantitative estimate of drug-likeness (QED) is 0.664. The summed E-state index contributed by atoms with van der Waals surface area (Å²) in [5.41, 5.74) is 6.33. The molecule has 0 fully saturated rings. The second-order valence-corrected chi connectivity index (χ2v) is 4.16. The highest BCUT2D eigenvalue weighted by Gasteiger charge is 1.96. The summed E-state index contributed by atoms with van der Waals surface area (Å²) in [7, 11) is 0. The highest BCUT2D eigenvalue weighted by Crippen LogP contribution is 2.16. The predicted octanol–water partition coefficient (Wildman–Crippen LogP) is 3.38. The number of ether oxygens (including phenoxy) is 2. The maximum atomic E-state index is 5.78. The normalized spacial score (nSPS) is 10.1. The van der Waals surface area contributed by atoms with Crippen molar-refractivity contribution in [2.24, 2.45) is 0 Å². The smallest absolute Gasteiger partial charge is 0.122 e. The number of rotatable bonds is 5. The van der Waals surface area contributed by atoms with Gasteiger partial charge < -0.3 is 15.2 Å². The lowest BCUT2D eigenvalue weighted by atomic mass is 10.3. The van der Waals surface area contributed by atoms with Gasteiger partial charge in [-0.25, -0.2) is 0 Å². The fraction of sp³-hybridized carbons (Fsp3) is 0.143. The first-order valence-corrected chi connectivity index (χ1v) is 5.98. The van der Waals surface area contributed by atoms with Crippen molar-refractivity contribution in [1.29, 1.82) is 0 Å². The Morgan fingerprint density at radius 3 is 2.22 bits per heavy atom. The van der Waals surface area contributed by atoms with Gasteiger partial charge in [0, 0.05) is 16.8 Å². The first-order chi connectivity index (χ1) is 8.74. The van der Waals surface area contributed by atoms with Crippen LogP contribution in [0.15, 0.2) is 48.5 Å². The molecule has 2 rings (SSSR count). The Labute approximate surface area is 111 Å². The fourth-order valence-electron chi connectivity index (χ4n) is 1.45. The highest BCUT2D eigenvalue weighted by molar-refractivity contribution is 6.30. The summed E-state index contributed by atoms with van der Waals surface area (Å²) in [5, 5.41) is 0.693. The number of nitrogens with two attached hydrogens (primary N) is 1. The minimum atomic E-state index is 0.464. The lowest BCUT2D eigenvalue weighted by molar-refractivity contribution is 0.217. The van der Waals surface area contributed by atoms with Crippen LogP contribution in [0.1, 0.15) is 0 Å². The molecule has 2 aromatic rings. The molecule has 0 bridgehead atoms. The summed E-state index contributed by atoms with van der Waals surface area (Å²) < 4.78 is 11.0. The molecule has 0 saturated heterocycles. The van der Waals surface area contributed by atoms with E-state index in [1.54, 1.807) is 18.2 Å². The number of nitrogen functional groups attached to an aromatic ring is 1. The summed E-state index contributed by atoms with van der Waals surface area (Å²) in [6.07, 6.45) is 0. The van der Waals surface area contributed by atoms with E-state index in [1.807, 2.05) is 30.3 Å². The molecule has 3 nitrogen and oxygen atoms in total. The Hall–Kier alpha value is -1.87. The first-order valence-electron chi connectivity index (χ1n) is 5.61. The van der Waals surface area contributed by atoms with E-state index in [-0.39, 0.29) is 0 Å². The average molecular weight is 264 g/mol. The summed E-state index contributed by atoms with van der Waals surface area (Å²) in [6, 6.07) is 14.5. The number of benzene rings is 2. The predicted molar refractivity (Wildman–Crippen MR) is 73.3 cm³/mol. The fourth-order valence-corrected chi connectivity index (χ4v) is 1.58. The van der Waals surface area contributed by atoms with E-state index in [0.29, 0.717) is 23.9 Å². The van der Waals surface area contributed by atoms with Crippen LogP contribution in [0.4, 0.5) is 5.69 Å². The van der Waals surface area contributed by atoms with Gasteiger partial charge in [-0.3, -0.25) is 0 Å². The van der Waals surface area contributed by atoms with Crippen LogP contribution in [0.3, 0.4) is 0 Å². The van der Waals surface area contributed by atoms with Gasteiger partial charge in [-0.2, -0.15) is 0 Å². The number of hydrogen-bond acceptors (Lipinski definition) is 3. The van der Waals surface area contributed by atoms with Crippen LogP contribution in [-0.2, 0) is 0 Å². The monoisotopic (exact) mass is 263 g/mol. The SMILES string of the molecule is Nc1cccc(OCCOc2ccc(Cl)cc2)c1. The zero-order chi connectivity index (χ0) is 12.8. The van der Waals surface area contributed by atoms with Gasteiger partial charge >= 0.3 is 0 Å². The van der Waals surface area contributed by atoms with Gasteiger partial charge in [0.2, 0.25) is 0 Å². The van der Waals surface area contributed by atoms with Gasteiger partial charge in [-0.1, -0.05) is 17.7 Å². The zero-order valence-corrected chi connectivity index (χ0v) is 10.6. The Bertz CT molecular complexity index is 499. The molecule has 0 heterocycles. The van der Waals surface area contributed by atoms with Gasteiger partial charge in [0.25, 0.3) is 0 Å². The van der Waals surface area contributed by atoms with Crippen LogP contribution >= 0.6 is 11.6 Å². The molecule has 0 unspecified atom stereocenters. The van der Waals surface area contributed by atoms with Crippen molar-refractivity contribution < 1.29 is 9.47 Å². The Balaban J connectivity index is 1.74.